The molecule has 3 rings (SSSR count). The Hall–Kier alpha value is -2.61. The van der Waals surface area contributed by atoms with Crippen LogP contribution in [0.25, 0.3) is 12.2 Å². The van der Waals surface area contributed by atoms with Crippen LogP contribution in [0.1, 0.15) is 36.8 Å². The highest BCUT2D eigenvalue weighted by atomic mass is 16.5. The van der Waals surface area contributed by atoms with E-state index < -0.39 is 0 Å². The molecule has 2 heteroatoms. The Morgan fingerprint density at radius 2 is 1.58 bits per heavy atom. The van der Waals surface area contributed by atoms with Crippen LogP contribution in [0.4, 0.5) is 0 Å². The molecule has 1 fully saturated rings. The van der Waals surface area contributed by atoms with E-state index in [-0.39, 0.29) is 12.1 Å². The highest BCUT2D eigenvalue weighted by Crippen LogP contribution is 2.24. The fraction of sp³-hybridized carbons (Fsp3) is 0.227. The van der Waals surface area contributed by atoms with Crippen molar-refractivity contribution in [1.29, 1.82) is 0 Å². The molecule has 0 aromatic heterocycles. The van der Waals surface area contributed by atoms with Crippen molar-refractivity contribution in [1.82, 2.24) is 0 Å². The number of hydrogen-bond acceptors (Lipinski definition) is 2. The predicted molar refractivity (Wildman–Crippen MR) is 98.2 cm³/mol. The van der Waals surface area contributed by atoms with Gasteiger partial charge < -0.3 is 4.74 Å². The van der Waals surface area contributed by atoms with Gasteiger partial charge in [-0.1, -0.05) is 72.8 Å². The van der Waals surface area contributed by atoms with Crippen LogP contribution >= 0.6 is 0 Å². The zero-order chi connectivity index (χ0) is 16.6. The SMILES string of the molecule is O=C1CCCCC(C(C=Cc2ccccc2)=Cc2ccccc2)O1. The van der Waals surface area contributed by atoms with E-state index >= 15 is 0 Å². The molecule has 0 amide bonds. The maximum absolute atomic E-state index is 11.9. The third-order valence-corrected chi connectivity index (χ3v) is 4.14. The third kappa shape index (κ3) is 4.69. The first-order valence-electron chi connectivity index (χ1n) is 8.50. The van der Waals surface area contributed by atoms with Crippen LogP contribution in [0, 0.1) is 0 Å². The summed E-state index contributed by atoms with van der Waals surface area (Å²) in [6.07, 6.45) is 9.43. The minimum absolute atomic E-state index is 0.0930. The first kappa shape index (κ1) is 16.3. The topological polar surface area (TPSA) is 26.3 Å². The molecule has 1 heterocycles. The Morgan fingerprint density at radius 1 is 0.917 bits per heavy atom. The Morgan fingerprint density at radius 3 is 2.29 bits per heavy atom. The Balaban J connectivity index is 1.89. The molecule has 2 aromatic rings. The summed E-state index contributed by atoms with van der Waals surface area (Å²) < 4.78 is 5.68. The van der Waals surface area contributed by atoms with Crippen molar-refractivity contribution in [3.63, 3.8) is 0 Å². The van der Waals surface area contributed by atoms with Crippen LogP contribution in [0.15, 0.2) is 72.3 Å². The van der Waals surface area contributed by atoms with E-state index in [1.54, 1.807) is 0 Å². The largest absolute Gasteiger partial charge is 0.457 e. The molecule has 1 saturated heterocycles. The van der Waals surface area contributed by atoms with Gasteiger partial charge in [0.25, 0.3) is 0 Å². The zero-order valence-corrected chi connectivity index (χ0v) is 13.7. The molecule has 2 aromatic carbocycles. The molecule has 1 unspecified atom stereocenters. The highest BCUT2D eigenvalue weighted by molar-refractivity contribution is 5.71. The van der Waals surface area contributed by atoms with Gasteiger partial charge in [-0.25, -0.2) is 0 Å². The number of carbonyl (C=O) groups excluding carboxylic acids is 1. The number of carbonyl (C=O) groups is 1. The number of ether oxygens (including phenoxy) is 1. The van der Waals surface area contributed by atoms with Gasteiger partial charge in [0.2, 0.25) is 0 Å². The lowest BCUT2D eigenvalue weighted by Gasteiger charge is -2.17. The average molecular weight is 318 g/mol. The Kier molecular flexibility index (Phi) is 5.62. The van der Waals surface area contributed by atoms with Crippen molar-refractivity contribution in [3.8, 4) is 0 Å². The predicted octanol–water partition coefficient (Wildman–Crippen LogP) is 5.27. The van der Waals surface area contributed by atoms with Gasteiger partial charge in [-0.2, -0.15) is 0 Å². The van der Waals surface area contributed by atoms with Gasteiger partial charge in [-0.05, 0) is 42.0 Å². The number of esters is 1. The minimum atomic E-state index is -0.167. The quantitative estimate of drug-likeness (QED) is 0.567. The van der Waals surface area contributed by atoms with Crippen molar-refractivity contribution in [2.45, 2.75) is 31.8 Å². The second-order valence-electron chi connectivity index (χ2n) is 6.02. The highest BCUT2D eigenvalue weighted by Gasteiger charge is 2.20. The molecule has 2 nitrogen and oxygen atoms in total. The number of rotatable bonds is 4. The molecule has 1 aliphatic rings. The van der Waals surface area contributed by atoms with E-state index in [0.29, 0.717) is 6.42 Å². The monoisotopic (exact) mass is 318 g/mol. The van der Waals surface area contributed by atoms with Crippen molar-refractivity contribution in [3.05, 3.63) is 83.4 Å². The van der Waals surface area contributed by atoms with Crippen LogP contribution in [-0.2, 0) is 9.53 Å². The molecule has 0 radical (unpaired) electrons. The van der Waals surface area contributed by atoms with E-state index in [2.05, 4.69) is 42.5 Å². The first-order chi connectivity index (χ1) is 11.8. The Labute approximate surface area is 143 Å². The lowest BCUT2D eigenvalue weighted by atomic mass is 10.00. The van der Waals surface area contributed by atoms with E-state index in [9.17, 15) is 4.79 Å². The van der Waals surface area contributed by atoms with Crippen LogP contribution in [0.2, 0.25) is 0 Å². The molecule has 0 spiro atoms. The van der Waals surface area contributed by atoms with Crippen LogP contribution in [0.3, 0.4) is 0 Å². The zero-order valence-electron chi connectivity index (χ0n) is 13.7. The summed E-state index contributed by atoms with van der Waals surface area (Å²) in [5, 5.41) is 0. The summed E-state index contributed by atoms with van der Waals surface area (Å²) >= 11 is 0. The summed E-state index contributed by atoms with van der Waals surface area (Å²) in [4.78, 5) is 11.9. The van der Waals surface area contributed by atoms with Gasteiger partial charge in [0.15, 0.2) is 0 Å². The molecule has 1 atom stereocenters. The normalized spacial score (nSPS) is 19.1. The summed E-state index contributed by atoms with van der Waals surface area (Å²) in [7, 11) is 0. The maximum Gasteiger partial charge on any atom is 0.306 e. The van der Waals surface area contributed by atoms with Crippen molar-refractivity contribution < 1.29 is 9.53 Å². The molecule has 1 aliphatic heterocycles. The standard InChI is InChI=1S/C22H22O2/c23-22-14-8-7-13-21(24-22)20(17-19-11-5-2-6-12-19)16-15-18-9-3-1-4-10-18/h1-6,9-12,15-17,21H,7-8,13-14H2. The number of cyclic esters (lactones) is 1. The van der Waals surface area contributed by atoms with Crippen LogP contribution in [-0.4, -0.2) is 12.1 Å². The molecule has 0 aliphatic carbocycles. The van der Waals surface area contributed by atoms with Gasteiger partial charge in [0, 0.05) is 6.42 Å². The van der Waals surface area contributed by atoms with Crippen LogP contribution < -0.4 is 0 Å². The van der Waals surface area contributed by atoms with Gasteiger partial charge in [-0.3, -0.25) is 4.79 Å². The average Bonchev–Trinajstić information content (AvgIpc) is 2.85. The van der Waals surface area contributed by atoms with E-state index in [0.717, 1.165) is 36.0 Å². The van der Waals surface area contributed by atoms with E-state index in [1.807, 2.05) is 36.4 Å². The number of benzene rings is 2. The maximum atomic E-state index is 11.9. The summed E-state index contributed by atoms with van der Waals surface area (Å²) in [5.41, 5.74) is 3.29. The first-order valence-corrected chi connectivity index (χ1v) is 8.50. The summed E-state index contributed by atoms with van der Waals surface area (Å²) in [5.74, 6) is -0.0930. The lowest BCUT2D eigenvalue weighted by Crippen LogP contribution is -2.17. The second-order valence-corrected chi connectivity index (χ2v) is 6.02. The molecule has 24 heavy (non-hydrogen) atoms. The second kappa shape index (κ2) is 8.30. The fourth-order valence-corrected chi connectivity index (χ4v) is 2.86. The molecular formula is C22H22O2. The van der Waals surface area contributed by atoms with Crippen LogP contribution in [0.5, 0.6) is 0 Å². The minimum Gasteiger partial charge on any atom is -0.457 e. The van der Waals surface area contributed by atoms with Crippen molar-refractivity contribution >= 4 is 18.1 Å². The smallest absolute Gasteiger partial charge is 0.306 e. The van der Waals surface area contributed by atoms with Crippen molar-refractivity contribution in [2.75, 3.05) is 0 Å². The Bertz CT molecular complexity index is 714. The summed E-state index contributed by atoms with van der Waals surface area (Å²) in [6, 6.07) is 20.3. The fourth-order valence-electron chi connectivity index (χ4n) is 2.86. The molecular weight excluding hydrogens is 296 g/mol. The van der Waals surface area contributed by atoms with Gasteiger partial charge >= 0.3 is 5.97 Å². The van der Waals surface area contributed by atoms with E-state index in [4.69, 9.17) is 4.74 Å². The summed E-state index contributed by atoms with van der Waals surface area (Å²) in [6.45, 7) is 0. The van der Waals surface area contributed by atoms with E-state index in [1.165, 1.54) is 0 Å². The van der Waals surface area contributed by atoms with Gasteiger partial charge in [0.1, 0.15) is 6.10 Å². The van der Waals surface area contributed by atoms with Crippen molar-refractivity contribution in [2.24, 2.45) is 0 Å². The molecule has 122 valence electrons. The lowest BCUT2D eigenvalue weighted by molar-refractivity contribution is -0.146. The third-order valence-electron chi connectivity index (χ3n) is 4.14. The molecule has 0 N–H and O–H groups in total. The molecule has 0 saturated carbocycles. The number of hydrogen-bond donors (Lipinski definition) is 0. The van der Waals surface area contributed by atoms with Gasteiger partial charge in [0.05, 0.1) is 0 Å². The van der Waals surface area contributed by atoms with Gasteiger partial charge in [-0.15, -0.1) is 0 Å². The molecule has 0 bridgehead atoms.